The summed E-state index contributed by atoms with van der Waals surface area (Å²) in [4.78, 5) is 25.2. The van der Waals surface area contributed by atoms with Crippen LogP contribution in [0.1, 0.15) is 16.7 Å². The summed E-state index contributed by atoms with van der Waals surface area (Å²) in [5.74, 6) is 0.616. The van der Waals surface area contributed by atoms with Gasteiger partial charge >= 0.3 is 0 Å². The van der Waals surface area contributed by atoms with Gasteiger partial charge in [-0.15, -0.1) is 0 Å². The molecular weight excluding hydrogens is 404 g/mol. The molecule has 4 aromatic rings. The molecule has 0 spiro atoms. The highest BCUT2D eigenvalue weighted by molar-refractivity contribution is 5.78. The van der Waals surface area contributed by atoms with Gasteiger partial charge in [-0.2, -0.15) is 5.10 Å². The topological polar surface area (TPSA) is 77.6 Å². The van der Waals surface area contributed by atoms with Gasteiger partial charge < -0.3 is 14.6 Å². The van der Waals surface area contributed by atoms with Crippen molar-refractivity contribution in [2.45, 2.75) is 26.8 Å². The molecule has 164 valence electrons. The summed E-state index contributed by atoms with van der Waals surface area (Å²) in [6.45, 7) is 4.86. The first-order valence-corrected chi connectivity index (χ1v) is 10.5. The quantitative estimate of drug-likeness (QED) is 0.489. The Balaban J connectivity index is 1.43. The fourth-order valence-corrected chi connectivity index (χ4v) is 3.59. The van der Waals surface area contributed by atoms with Crippen LogP contribution in [0.15, 0.2) is 65.7 Å². The Morgan fingerprint density at radius 2 is 1.91 bits per heavy atom. The molecule has 0 saturated carbocycles. The summed E-state index contributed by atoms with van der Waals surface area (Å²) >= 11 is 0. The van der Waals surface area contributed by atoms with Crippen LogP contribution in [0.3, 0.4) is 0 Å². The summed E-state index contributed by atoms with van der Waals surface area (Å²) in [5.41, 5.74) is 5.37. The number of aromatic nitrogens is 3. The van der Waals surface area contributed by atoms with Gasteiger partial charge in [-0.25, -0.2) is 4.52 Å². The predicted molar refractivity (Wildman–Crippen MR) is 124 cm³/mol. The monoisotopic (exact) mass is 430 g/mol. The Morgan fingerprint density at radius 1 is 1.06 bits per heavy atom. The zero-order valence-electron chi connectivity index (χ0n) is 18.5. The lowest BCUT2D eigenvalue weighted by atomic mass is 10.0. The number of carbonyl (C=O) groups is 1. The highest BCUT2D eigenvalue weighted by Crippen LogP contribution is 2.21. The van der Waals surface area contributed by atoms with Crippen molar-refractivity contribution in [3.63, 3.8) is 0 Å². The number of methoxy groups -OCH3 is 1. The molecule has 2 aromatic heterocycles. The zero-order valence-corrected chi connectivity index (χ0v) is 18.5. The molecule has 2 heterocycles. The smallest absolute Gasteiger partial charge is 0.276 e. The van der Waals surface area contributed by atoms with Crippen LogP contribution in [0.2, 0.25) is 0 Å². The molecule has 0 aliphatic carbocycles. The number of aryl methyl sites for hydroxylation is 2. The summed E-state index contributed by atoms with van der Waals surface area (Å²) in [5, 5.41) is 7.42. The number of fused-ring (bicyclic) bond motifs is 1. The zero-order chi connectivity index (χ0) is 22.7. The van der Waals surface area contributed by atoms with Crippen LogP contribution in [0.5, 0.6) is 5.75 Å². The Morgan fingerprint density at radius 3 is 2.69 bits per heavy atom. The Kier molecular flexibility index (Phi) is 6.07. The van der Waals surface area contributed by atoms with Crippen molar-refractivity contribution >= 4 is 11.4 Å². The summed E-state index contributed by atoms with van der Waals surface area (Å²) in [6.07, 6.45) is 3.72. The van der Waals surface area contributed by atoms with Crippen LogP contribution in [-0.4, -0.2) is 33.7 Å². The van der Waals surface area contributed by atoms with Crippen LogP contribution in [0, 0.1) is 13.8 Å². The molecule has 2 aromatic carbocycles. The molecule has 4 rings (SSSR count). The van der Waals surface area contributed by atoms with E-state index in [1.165, 1.54) is 11.1 Å². The molecular formula is C25H26N4O3. The lowest BCUT2D eigenvalue weighted by Gasteiger charge is -2.08. The number of amides is 1. The SMILES string of the molecule is COc1cccc(CC(=O)NCCn2ccn3nc(-c4ccc(C)c(C)c4)cc3c2=O)c1. The van der Waals surface area contributed by atoms with Gasteiger partial charge in [-0.05, 0) is 54.8 Å². The van der Waals surface area contributed by atoms with Crippen molar-refractivity contribution in [2.75, 3.05) is 13.7 Å². The molecule has 32 heavy (non-hydrogen) atoms. The average Bonchev–Trinajstić information content (AvgIpc) is 3.22. The van der Waals surface area contributed by atoms with Gasteiger partial charge in [0, 0.05) is 31.0 Å². The maximum Gasteiger partial charge on any atom is 0.276 e. The van der Waals surface area contributed by atoms with E-state index in [0.29, 0.717) is 18.6 Å². The third-order valence-electron chi connectivity index (χ3n) is 5.58. The van der Waals surface area contributed by atoms with Gasteiger partial charge in [0.1, 0.15) is 11.3 Å². The van der Waals surface area contributed by atoms with Crippen LogP contribution in [-0.2, 0) is 17.8 Å². The molecule has 0 atom stereocenters. The number of hydrogen-bond donors (Lipinski definition) is 1. The first-order chi connectivity index (χ1) is 15.4. The van der Waals surface area contributed by atoms with Crippen LogP contribution in [0.4, 0.5) is 0 Å². The summed E-state index contributed by atoms with van der Waals surface area (Å²) < 4.78 is 8.38. The molecule has 7 nitrogen and oxygen atoms in total. The molecule has 0 aliphatic rings. The van der Waals surface area contributed by atoms with Crippen LogP contribution < -0.4 is 15.6 Å². The highest BCUT2D eigenvalue weighted by Gasteiger charge is 2.10. The number of carbonyl (C=O) groups excluding carboxylic acids is 1. The highest BCUT2D eigenvalue weighted by atomic mass is 16.5. The number of benzene rings is 2. The van der Waals surface area contributed by atoms with Crippen molar-refractivity contribution in [3.8, 4) is 17.0 Å². The summed E-state index contributed by atoms with van der Waals surface area (Å²) in [7, 11) is 1.60. The molecule has 1 N–H and O–H groups in total. The molecule has 0 aliphatic heterocycles. The van der Waals surface area contributed by atoms with Crippen LogP contribution >= 0.6 is 0 Å². The third-order valence-corrected chi connectivity index (χ3v) is 5.58. The minimum atomic E-state index is -0.142. The number of nitrogens with one attached hydrogen (secondary N) is 1. The second-order valence-electron chi connectivity index (χ2n) is 7.83. The summed E-state index contributed by atoms with van der Waals surface area (Å²) in [6, 6.07) is 15.4. The molecule has 0 radical (unpaired) electrons. The average molecular weight is 431 g/mol. The lowest BCUT2D eigenvalue weighted by molar-refractivity contribution is -0.120. The van der Waals surface area contributed by atoms with E-state index in [-0.39, 0.29) is 17.9 Å². The predicted octanol–water partition coefficient (Wildman–Crippen LogP) is 3.15. The van der Waals surface area contributed by atoms with Crippen molar-refractivity contribution in [2.24, 2.45) is 0 Å². The Hall–Kier alpha value is -3.87. The van der Waals surface area contributed by atoms with E-state index < -0.39 is 0 Å². The minimum absolute atomic E-state index is 0.103. The van der Waals surface area contributed by atoms with Gasteiger partial charge in [0.2, 0.25) is 5.91 Å². The molecule has 0 fully saturated rings. The van der Waals surface area contributed by atoms with Crippen molar-refractivity contribution < 1.29 is 9.53 Å². The number of ether oxygens (including phenoxy) is 1. The van der Waals surface area contributed by atoms with E-state index in [0.717, 1.165) is 22.6 Å². The van der Waals surface area contributed by atoms with Crippen molar-refractivity contribution in [1.29, 1.82) is 0 Å². The fourth-order valence-electron chi connectivity index (χ4n) is 3.59. The maximum absolute atomic E-state index is 12.9. The van der Waals surface area contributed by atoms with Crippen molar-refractivity contribution in [1.82, 2.24) is 19.5 Å². The van der Waals surface area contributed by atoms with E-state index in [2.05, 4.69) is 36.4 Å². The second kappa shape index (κ2) is 9.09. The molecule has 0 saturated heterocycles. The Bertz CT molecular complexity index is 1340. The number of hydrogen-bond acceptors (Lipinski definition) is 4. The third kappa shape index (κ3) is 4.56. The Labute approximate surface area is 186 Å². The van der Waals surface area contributed by atoms with Crippen LogP contribution in [0.25, 0.3) is 16.8 Å². The fraction of sp³-hybridized carbons (Fsp3) is 0.240. The van der Waals surface area contributed by atoms with E-state index >= 15 is 0 Å². The number of rotatable bonds is 7. The normalized spacial score (nSPS) is 11.0. The molecule has 0 unspecified atom stereocenters. The molecule has 0 bridgehead atoms. The van der Waals surface area contributed by atoms with Crippen molar-refractivity contribution in [3.05, 3.63) is 88.0 Å². The lowest BCUT2D eigenvalue weighted by Crippen LogP contribution is -2.32. The van der Waals surface area contributed by atoms with Gasteiger partial charge in [-0.3, -0.25) is 9.59 Å². The molecule has 7 heteroatoms. The first kappa shape index (κ1) is 21.4. The standard InChI is InChI=1S/C25H26N4O3/c1-17-7-8-20(13-18(17)2)22-16-23-25(31)28(11-12-29(23)27-22)10-9-26-24(30)15-19-5-4-6-21(14-19)32-3/h4-8,11-14,16H,9-10,15H2,1-3H3,(H,26,30). The largest absolute Gasteiger partial charge is 0.497 e. The van der Waals surface area contributed by atoms with E-state index in [1.54, 1.807) is 28.6 Å². The van der Waals surface area contributed by atoms with E-state index in [9.17, 15) is 9.59 Å². The van der Waals surface area contributed by atoms with Gasteiger partial charge in [0.15, 0.2) is 0 Å². The minimum Gasteiger partial charge on any atom is -0.497 e. The van der Waals surface area contributed by atoms with E-state index in [1.807, 2.05) is 36.4 Å². The van der Waals surface area contributed by atoms with Gasteiger partial charge in [0.05, 0.1) is 19.2 Å². The van der Waals surface area contributed by atoms with Gasteiger partial charge in [0.25, 0.3) is 5.56 Å². The second-order valence-corrected chi connectivity index (χ2v) is 7.83. The first-order valence-electron chi connectivity index (χ1n) is 10.5. The molecule has 1 amide bonds. The van der Waals surface area contributed by atoms with Gasteiger partial charge in [-0.1, -0.05) is 24.3 Å². The van der Waals surface area contributed by atoms with E-state index in [4.69, 9.17) is 4.74 Å². The maximum atomic E-state index is 12.9. The number of nitrogens with zero attached hydrogens (tertiary/aromatic N) is 3.